The van der Waals surface area contributed by atoms with Gasteiger partial charge in [0.15, 0.2) is 5.78 Å². The topological polar surface area (TPSA) is 37.3 Å². The van der Waals surface area contributed by atoms with Crippen molar-refractivity contribution in [1.82, 2.24) is 0 Å². The van der Waals surface area contributed by atoms with Crippen molar-refractivity contribution in [2.24, 2.45) is 10.8 Å². The van der Waals surface area contributed by atoms with Crippen molar-refractivity contribution in [1.29, 1.82) is 0 Å². The van der Waals surface area contributed by atoms with Gasteiger partial charge in [-0.1, -0.05) is 38.2 Å². The Morgan fingerprint density at radius 1 is 1.47 bits per heavy atom. The molecule has 0 aromatic carbocycles. The standard InChI is InChI=1S/C13H20O2/c1-10(14)6-9-13(4)8-5-7-12(2,3)11(13)15/h5-6,8-10,14H,7H2,1-4H3. The van der Waals surface area contributed by atoms with Crippen molar-refractivity contribution >= 4 is 5.78 Å². The Kier molecular flexibility index (Phi) is 3.19. The second-order valence-electron chi connectivity index (χ2n) is 5.20. The van der Waals surface area contributed by atoms with E-state index in [1.807, 2.05) is 32.9 Å². The third-order valence-corrected chi connectivity index (χ3v) is 2.92. The third kappa shape index (κ3) is 2.57. The van der Waals surface area contributed by atoms with Crippen LogP contribution in [0.3, 0.4) is 0 Å². The summed E-state index contributed by atoms with van der Waals surface area (Å²) in [5, 5.41) is 9.19. The number of hydrogen-bond donors (Lipinski definition) is 1. The van der Waals surface area contributed by atoms with E-state index in [-0.39, 0.29) is 11.2 Å². The first kappa shape index (κ1) is 12.2. The minimum atomic E-state index is -0.557. The van der Waals surface area contributed by atoms with Gasteiger partial charge in [-0.05, 0) is 20.3 Å². The zero-order chi connectivity index (χ0) is 11.7. The van der Waals surface area contributed by atoms with Gasteiger partial charge in [-0.2, -0.15) is 0 Å². The number of aliphatic hydroxyl groups excluding tert-OH is 1. The zero-order valence-electron chi connectivity index (χ0n) is 9.95. The molecule has 0 bridgehead atoms. The monoisotopic (exact) mass is 208 g/mol. The van der Waals surface area contributed by atoms with Gasteiger partial charge in [-0.3, -0.25) is 4.79 Å². The van der Waals surface area contributed by atoms with Crippen LogP contribution in [0.5, 0.6) is 0 Å². The van der Waals surface area contributed by atoms with Crippen LogP contribution in [-0.2, 0) is 4.79 Å². The summed E-state index contributed by atoms with van der Waals surface area (Å²) in [5.74, 6) is 0.217. The largest absolute Gasteiger partial charge is 0.389 e. The summed E-state index contributed by atoms with van der Waals surface area (Å²) in [4.78, 5) is 12.2. The van der Waals surface area contributed by atoms with Crippen molar-refractivity contribution in [3.05, 3.63) is 24.3 Å². The van der Waals surface area contributed by atoms with Crippen LogP contribution < -0.4 is 0 Å². The molecule has 0 aromatic heterocycles. The van der Waals surface area contributed by atoms with Crippen LogP contribution in [0.2, 0.25) is 0 Å². The molecule has 1 rings (SSSR count). The molecule has 0 radical (unpaired) electrons. The molecule has 0 fully saturated rings. The summed E-state index contributed by atoms with van der Waals surface area (Å²) in [6.45, 7) is 7.51. The van der Waals surface area contributed by atoms with Gasteiger partial charge in [0.05, 0.1) is 11.5 Å². The Morgan fingerprint density at radius 2 is 2.07 bits per heavy atom. The number of carbonyl (C=O) groups excluding carboxylic acids is 1. The van der Waals surface area contributed by atoms with Crippen molar-refractivity contribution in [2.45, 2.75) is 40.2 Å². The molecule has 0 saturated heterocycles. The lowest BCUT2D eigenvalue weighted by Crippen LogP contribution is -2.38. The van der Waals surface area contributed by atoms with Crippen LogP contribution in [0.4, 0.5) is 0 Å². The van der Waals surface area contributed by atoms with Crippen LogP contribution >= 0.6 is 0 Å². The Morgan fingerprint density at radius 3 is 2.60 bits per heavy atom. The van der Waals surface area contributed by atoms with E-state index in [9.17, 15) is 9.90 Å². The van der Waals surface area contributed by atoms with Crippen molar-refractivity contribution in [3.8, 4) is 0 Å². The maximum Gasteiger partial charge on any atom is 0.152 e. The molecular weight excluding hydrogens is 188 g/mol. The fraction of sp³-hybridized carbons (Fsp3) is 0.615. The highest BCUT2D eigenvalue weighted by atomic mass is 16.3. The van der Waals surface area contributed by atoms with Gasteiger partial charge in [0.2, 0.25) is 0 Å². The van der Waals surface area contributed by atoms with E-state index in [4.69, 9.17) is 0 Å². The number of allylic oxidation sites excluding steroid dienone is 3. The molecule has 2 atom stereocenters. The van der Waals surface area contributed by atoms with E-state index in [0.29, 0.717) is 0 Å². The first-order valence-corrected chi connectivity index (χ1v) is 5.38. The molecule has 1 aliphatic rings. The van der Waals surface area contributed by atoms with Gasteiger partial charge >= 0.3 is 0 Å². The van der Waals surface area contributed by atoms with Crippen LogP contribution in [-0.4, -0.2) is 17.0 Å². The summed E-state index contributed by atoms with van der Waals surface area (Å²) >= 11 is 0. The van der Waals surface area contributed by atoms with E-state index in [0.717, 1.165) is 6.42 Å². The second kappa shape index (κ2) is 3.93. The van der Waals surface area contributed by atoms with Crippen LogP contribution in [0.15, 0.2) is 24.3 Å². The van der Waals surface area contributed by atoms with Gasteiger partial charge < -0.3 is 5.11 Å². The van der Waals surface area contributed by atoms with Gasteiger partial charge in [-0.15, -0.1) is 0 Å². The molecule has 2 unspecified atom stereocenters. The van der Waals surface area contributed by atoms with E-state index in [1.54, 1.807) is 19.1 Å². The smallest absolute Gasteiger partial charge is 0.152 e. The van der Waals surface area contributed by atoms with E-state index in [1.165, 1.54) is 0 Å². The molecule has 0 saturated carbocycles. The number of carbonyl (C=O) groups is 1. The lowest BCUT2D eigenvalue weighted by atomic mass is 9.67. The quantitative estimate of drug-likeness (QED) is 0.708. The Bertz CT molecular complexity index is 310. The fourth-order valence-corrected chi connectivity index (χ4v) is 1.97. The average molecular weight is 208 g/mol. The highest BCUT2D eigenvalue weighted by Crippen LogP contribution is 2.39. The fourth-order valence-electron chi connectivity index (χ4n) is 1.97. The van der Waals surface area contributed by atoms with E-state index >= 15 is 0 Å². The van der Waals surface area contributed by atoms with Crippen LogP contribution in [0.1, 0.15) is 34.1 Å². The molecule has 0 aliphatic heterocycles. The van der Waals surface area contributed by atoms with Crippen molar-refractivity contribution in [2.75, 3.05) is 0 Å². The van der Waals surface area contributed by atoms with Crippen molar-refractivity contribution in [3.63, 3.8) is 0 Å². The highest BCUT2D eigenvalue weighted by Gasteiger charge is 2.40. The Balaban J connectivity index is 2.98. The molecule has 84 valence electrons. The molecule has 0 heterocycles. The Labute approximate surface area is 91.7 Å². The SMILES string of the molecule is CC(O)C=CC1(C)C=CCC(C)(C)C1=O. The minimum absolute atomic E-state index is 0.217. The van der Waals surface area contributed by atoms with E-state index in [2.05, 4.69) is 0 Å². The number of Topliss-reactive ketones (excluding diaryl/α,β-unsaturated/α-hetero) is 1. The van der Waals surface area contributed by atoms with Crippen LogP contribution in [0, 0.1) is 10.8 Å². The van der Waals surface area contributed by atoms with Gasteiger partial charge in [0.25, 0.3) is 0 Å². The molecule has 0 spiro atoms. The zero-order valence-corrected chi connectivity index (χ0v) is 9.95. The Hall–Kier alpha value is -0.890. The van der Waals surface area contributed by atoms with E-state index < -0.39 is 11.5 Å². The number of ketones is 1. The molecular formula is C13H20O2. The second-order valence-corrected chi connectivity index (χ2v) is 5.20. The highest BCUT2D eigenvalue weighted by molar-refractivity contribution is 5.93. The average Bonchev–Trinajstić information content (AvgIpc) is 2.11. The first-order valence-electron chi connectivity index (χ1n) is 5.38. The predicted octanol–water partition coefficient (Wildman–Crippen LogP) is 2.48. The summed E-state index contributed by atoms with van der Waals surface area (Å²) in [5.41, 5.74) is -0.856. The number of hydrogen-bond acceptors (Lipinski definition) is 2. The first-order chi connectivity index (χ1) is 6.78. The molecule has 2 heteroatoms. The number of rotatable bonds is 2. The molecule has 0 aromatic rings. The van der Waals surface area contributed by atoms with Gasteiger partial charge in [0, 0.05) is 5.41 Å². The van der Waals surface area contributed by atoms with Crippen LogP contribution in [0.25, 0.3) is 0 Å². The summed E-state index contributed by atoms with van der Waals surface area (Å²) in [7, 11) is 0. The summed E-state index contributed by atoms with van der Waals surface area (Å²) in [6, 6.07) is 0. The normalized spacial score (nSPS) is 32.2. The summed E-state index contributed by atoms with van der Waals surface area (Å²) in [6.07, 6.45) is 7.74. The van der Waals surface area contributed by atoms with Gasteiger partial charge in [0.1, 0.15) is 0 Å². The summed E-state index contributed by atoms with van der Waals surface area (Å²) < 4.78 is 0. The maximum absolute atomic E-state index is 12.2. The lowest BCUT2D eigenvalue weighted by Gasteiger charge is -2.35. The maximum atomic E-state index is 12.2. The molecule has 1 aliphatic carbocycles. The third-order valence-electron chi connectivity index (χ3n) is 2.92. The number of aliphatic hydroxyl groups is 1. The molecule has 0 amide bonds. The predicted molar refractivity (Wildman–Crippen MR) is 61.5 cm³/mol. The lowest BCUT2D eigenvalue weighted by molar-refractivity contribution is -0.132. The van der Waals surface area contributed by atoms with Gasteiger partial charge in [-0.25, -0.2) is 0 Å². The molecule has 1 N–H and O–H groups in total. The van der Waals surface area contributed by atoms with Crippen molar-refractivity contribution < 1.29 is 9.90 Å². The molecule has 15 heavy (non-hydrogen) atoms. The minimum Gasteiger partial charge on any atom is -0.389 e. The molecule has 2 nitrogen and oxygen atoms in total.